The van der Waals surface area contributed by atoms with E-state index in [0.29, 0.717) is 12.7 Å². The molecule has 0 amide bonds. The fraction of sp³-hybridized carbons (Fsp3) is 0.765. The van der Waals surface area contributed by atoms with Crippen molar-refractivity contribution in [1.29, 1.82) is 0 Å². The van der Waals surface area contributed by atoms with Crippen molar-refractivity contribution in [1.82, 2.24) is 5.32 Å². The third-order valence-electron chi connectivity index (χ3n) is 4.58. The van der Waals surface area contributed by atoms with Crippen LogP contribution in [0.5, 0.6) is 0 Å². The van der Waals surface area contributed by atoms with Gasteiger partial charge >= 0.3 is 0 Å². The molecule has 2 fully saturated rings. The van der Waals surface area contributed by atoms with Gasteiger partial charge in [-0.3, -0.25) is 0 Å². The van der Waals surface area contributed by atoms with Crippen LogP contribution in [0.25, 0.3) is 0 Å². The molecule has 0 radical (unpaired) electrons. The smallest absolute Gasteiger partial charge is 0.130 e. The fourth-order valence-electron chi connectivity index (χ4n) is 3.11. The zero-order chi connectivity index (χ0) is 13.9. The SMILES string of the molecule is Cc1oc(COC2CCCC(C)C2)cc1CNC1CC1. The Kier molecular flexibility index (Phi) is 4.47. The number of hydrogen-bond donors (Lipinski definition) is 1. The predicted octanol–water partition coefficient (Wildman–Crippen LogP) is 3.94. The summed E-state index contributed by atoms with van der Waals surface area (Å²) in [7, 11) is 0. The minimum atomic E-state index is 0.428. The van der Waals surface area contributed by atoms with Crippen LogP contribution in [-0.2, 0) is 17.9 Å². The van der Waals surface area contributed by atoms with Crippen LogP contribution >= 0.6 is 0 Å². The fourth-order valence-corrected chi connectivity index (χ4v) is 3.11. The van der Waals surface area contributed by atoms with E-state index >= 15 is 0 Å². The van der Waals surface area contributed by atoms with Crippen LogP contribution in [-0.4, -0.2) is 12.1 Å². The number of ether oxygens (including phenoxy) is 1. The molecule has 1 aromatic rings. The third kappa shape index (κ3) is 3.86. The molecule has 2 saturated carbocycles. The first kappa shape index (κ1) is 14.2. The Labute approximate surface area is 122 Å². The molecule has 3 heteroatoms. The van der Waals surface area contributed by atoms with Crippen LogP contribution in [0.2, 0.25) is 0 Å². The minimum Gasteiger partial charge on any atom is -0.464 e. The number of furan rings is 1. The van der Waals surface area contributed by atoms with E-state index in [-0.39, 0.29) is 0 Å². The van der Waals surface area contributed by atoms with Crippen LogP contribution in [0.4, 0.5) is 0 Å². The lowest BCUT2D eigenvalue weighted by Crippen LogP contribution is -2.21. The second-order valence-corrected chi connectivity index (χ2v) is 6.65. The van der Waals surface area contributed by atoms with Crippen molar-refractivity contribution in [2.45, 2.75) is 77.7 Å². The minimum absolute atomic E-state index is 0.428. The Morgan fingerprint density at radius 1 is 1.30 bits per heavy atom. The molecule has 1 N–H and O–H groups in total. The summed E-state index contributed by atoms with van der Waals surface area (Å²) in [6.07, 6.45) is 8.16. The number of hydrogen-bond acceptors (Lipinski definition) is 3. The van der Waals surface area contributed by atoms with Crippen molar-refractivity contribution in [3.63, 3.8) is 0 Å². The lowest BCUT2D eigenvalue weighted by Gasteiger charge is -2.26. The molecule has 0 saturated heterocycles. The van der Waals surface area contributed by atoms with Gasteiger partial charge in [0, 0.05) is 18.2 Å². The van der Waals surface area contributed by atoms with Crippen molar-refractivity contribution < 1.29 is 9.15 Å². The number of nitrogens with one attached hydrogen (secondary N) is 1. The molecule has 3 nitrogen and oxygen atoms in total. The summed E-state index contributed by atoms with van der Waals surface area (Å²) in [5.41, 5.74) is 1.28. The highest BCUT2D eigenvalue weighted by Crippen LogP contribution is 2.27. The van der Waals surface area contributed by atoms with Gasteiger partial charge < -0.3 is 14.5 Å². The predicted molar refractivity (Wildman–Crippen MR) is 79.5 cm³/mol. The molecule has 1 aromatic heterocycles. The molecular weight excluding hydrogens is 250 g/mol. The summed E-state index contributed by atoms with van der Waals surface area (Å²) in [6.45, 7) is 5.94. The van der Waals surface area contributed by atoms with Gasteiger partial charge in [-0.15, -0.1) is 0 Å². The van der Waals surface area contributed by atoms with Crippen molar-refractivity contribution in [2.24, 2.45) is 5.92 Å². The second-order valence-electron chi connectivity index (χ2n) is 6.65. The zero-order valence-corrected chi connectivity index (χ0v) is 12.8. The standard InChI is InChI=1S/C17H27NO2/c1-12-4-3-5-16(8-12)19-11-17-9-14(13(2)20-17)10-18-15-6-7-15/h9,12,15-16,18H,3-8,10-11H2,1-2H3. The van der Waals surface area contributed by atoms with E-state index in [1.54, 1.807) is 0 Å². The van der Waals surface area contributed by atoms with Gasteiger partial charge in [0.2, 0.25) is 0 Å². The molecule has 2 aliphatic carbocycles. The summed E-state index contributed by atoms with van der Waals surface area (Å²) in [5.74, 6) is 2.83. The third-order valence-corrected chi connectivity index (χ3v) is 4.58. The molecule has 0 bridgehead atoms. The van der Waals surface area contributed by atoms with E-state index in [1.807, 2.05) is 0 Å². The van der Waals surface area contributed by atoms with Gasteiger partial charge in [0.25, 0.3) is 0 Å². The highest BCUT2D eigenvalue weighted by Gasteiger charge is 2.22. The van der Waals surface area contributed by atoms with E-state index in [9.17, 15) is 0 Å². The maximum atomic E-state index is 6.03. The zero-order valence-electron chi connectivity index (χ0n) is 12.8. The second kappa shape index (κ2) is 6.31. The first-order valence-electron chi connectivity index (χ1n) is 8.14. The molecule has 2 unspecified atom stereocenters. The van der Waals surface area contributed by atoms with Gasteiger partial charge in [0.1, 0.15) is 18.1 Å². The molecule has 20 heavy (non-hydrogen) atoms. The molecule has 112 valence electrons. The first-order chi connectivity index (χ1) is 9.70. The summed E-state index contributed by atoms with van der Waals surface area (Å²) in [5, 5.41) is 3.54. The van der Waals surface area contributed by atoms with Crippen LogP contribution in [0, 0.1) is 12.8 Å². The number of aryl methyl sites for hydroxylation is 1. The molecule has 0 aromatic carbocycles. The summed E-state index contributed by atoms with van der Waals surface area (Å²) in [6, 6.07) is 2.91. The highest BCUT2D eigenvalue weighted by atomic mass is 16.5. The highest BCUT2D eigenvalue weighted by molar-refractivity contribution is 5.20. The van der Waals surface area contributed by atoms with E-state index in [2.05, 4.69) is 25.2 Å². The average molecular weight is 277 g/mol. The molecule has 3 rings (SSSR count). The normalized spacial score (nSPS) is 26.9. The van der Waals surface area contributed by atoms with Crippen molar-refractivity contribution >= 4 is 0 Å². The van der Waals surface area contributed by atoms with E-state index in [4.69, 9.17) is 9.15 Å². The molecule has 0 spiro atoms. The van der Waals surface area contributed by atoms with Crippen LogP contribution in [0.1, 0.15) is 62.5 Å². The quantitative estimate of drug-likeness (QED) is 0.855. The summed E-state index contributed by atoms with van der Waals surface area (Å²) >= 11 is 0. The van der Waals surface area contributed by atoms with Gasteiger partial charge in [-0.2, -0.15) is 0 Å². The molecule has 2 aliphatic rings. The van der Waals surface area contributed by atoms with E-state index in [1.165, 1.54) is 44.1 Å². The van der Waals surface area contributed by atoms with Crippen LogP contribution in [0.3, 0.4) is 0 Å². The van der Waals surface area contributed by atoms with Gasteiger partial charge in [0.05, 0.1) is 6.10 Å². The van der Waals surface area contributed by atoms with Crippen molar-refractivity contribution in [3.8, 4) is 0 Å². The van der Waals surface area contributed by atoms with Gasteiger partial charge in [-0.05, 0) is 44.6 Å². The Balaban J connectivity index is 1.48. The van der Waals surface area contributed by atoms with Gasteiger partial charge in [-0.1, -0.05) is 19.8 Å². The van der Waals surface area contributed by atoms with Gasteiger partial charge in [0.15, 0.2) is 0 Å². The van der Waals surface area contributed by atoms with Crippen LogP contribution in [0.15, 0.2) is 10.5 Å². The Morgan fingerprint density at radius 3 is 2.90 bits per heavy atom. The van der Waals surface area contributed by atoms with Crippen molar-refractivity contribution in [3.05, 3.63) is 23.2 Å². The molecule has 1 heterocycles. The Bertz CT molecular complexity index is 436. The number of rotatable bonds is 6. The lowest BCUT2D eigenvalue weighted by molar-refractivity contribution is -0.00287. The molecule has 2 atom stereocenters. The summed E-state index contributed by atoms with van der Waals surface area (Å²) < 4.78 is 11.9. The topological polar surface area (TPSA) is 34.4 Å². The molecule has 0 aliphatic heterocycles. The van der Waals surface area contributed by atoms with Gasteiger partial charge in [-0.25, -0.2) is 0 Å². The Hall–Kier alpha value is -0.800. The maximum absolute atomic E-state index is 6.03. The monoisotopic (exact) mass is 277 g/mol. The largest absolute Gasteiger partial charge is 0.464 e. The first-order valence-corrected chi connectivity index (χ1v) is 8.14. The van der Waals surface area contributed by atoms with Crippen LogP contribution < -0.4 is 5.32 Å². The van der Waals surface area contributed by atoms with Crippen molar-refractivity contribution in [2.75, 3.05) is 0 Å². The Morgan fingerprint density at radius 2 is 2.15 bits per heavy atom. The summed E-state index contributed by atoms with van der Waals surface area (Å²) in [4.78, 5) is 0. The maximum Gasteiger partial charge on any atom is 0.130 e. The lowest BCUT2D eigenvalue weighted by atomic mass is 9.89. The van der Waals surface area contributed by atoms with E-state index < -0.39 is 0 Å². The molecular formula is C17H27NO2. The average Bonchev–Trinajstić information content (AvgIpc) is 3.18. The van der Waals surface area contributed by atoms with E-state index in [0.717, 1.165) is 30.0 Å².